The lowest BCUT2D eigenvalue weighted by Crippen LogP contribution is -2.49. The first-order chi connectivity index (χ1) is 11.3. The summed E-state index contributed by atoms with van der Waals surface area (Å²) in [6, 6.07) is 0.705. The van der Waals surface area contributed by atoms with Crippen molar-refractivity contribution in [3.63, 3.8) is 0 Å². The second kappa shape index (κ2) is 7.19. The monoisotopic (exact) mass is 337 g/mol. The molecule has 0 spiro atoms. The van der Waals surface area contributed by atoms with Crippen LogP contribution in [0, 0.1) is 5.41 Å². The normalized spacial score (nSPS) is 16.0. The molecule has 8 nitrogen and oxygen atoms in total. The summed E-state index contributed by atoms with van der Waals surface area (Å²) in [5, 5.41) is 0. The van der Waals surface area contributed by atoms with E-state index in [4.69, 9.17) is 9.47 Å². The molecule has 24 heavy (non-hydrogen) atoms. The molecule has 2 rings (SSSR count). The molecule has 2 heterocycles. The van der Waals surface area contributed by atoms with Gasteiger partial charge in [-0.1, -0.05) is 20.8 Å². The molecule has 1 aliphatic heterocycles. The summed E-state index contributed by atoms with van der Waals surface area (Å²) in [5.41, 5.74) is -0.360. The van der Waals surface area contributed by atoms with Gasteiger partial charge >= 0.3 is 12.0 Å². The highest BCUT2D eigenvalue weighted by Gasteiger charge is 2.32. The molecule has 1 aliphatic rings. The first kappa shape index (κ1) is 18.2. The minimum absolute atomic E-state index is 0.171. The van der Waals surface area contributed by atoms with Crippen LogP contribution in [0.15, 0.2) is 0 Å². The Hall–Kier alpha value is -2.12. The fourth-order valence-electron chi connectivity index (χ4n) is 2.80. The van der Waals surface area contributed by atoms with Crippen LogP contribution in [0.2, 0.25) is 0 Å². The highest BCUT2D eigenvalue weighted by Crippen LogP contribution is 2.25. The van der Waals surface area contributed by atoms with E-state index in [1.54, 1.807) is 0 Å². The summed E-state index contributed by atoms with van der Waals surface area (Å²) in [7, 11) is 4.92. The molecule has 0 aliphatic carbocycles. The molecule has 0 unspecified atom stereocenters. The number of ether oxygens (including phenoxy) is 2. The molecular weight excluding hydrogens is 310 g/mol. The number of carbonyl (C=O) groups is 1. The molecule has 0 bridgehead atoms. The standard InChI is InChI=1S/C16H27N5O3/c1-16(2,3)12(22)20(4)11-7-9-21(10-8-11)13-17-14(23-5)19-15(18-13)24-6/h11H,7-10H2,1-6H3. The molecule has 1 fully saturated rings. The fraction of sp³-hybridized carbons (Fsp3) is 0.750. The molecule has 1 amide bonds. The summed E-state index contributed by atoms with van der Waals surface area (Å²) in [6.45, 7) is 7.38. The van der Waals surface area contributed by atoms with Crippen LogP contribution in [0.4, 0.5) is 5.95 Å². The Morgan fingerprint density at radius 1 is 1.08 bits per heavy atom. The summed E-state index contributed by atoms with van der Waals surface area (Å²) >= 11 is 0. The number of methoxy groups -OCH3 is 2. The molecule has 0 atom stereocenters. The van der Waals surface area contributed by atoms with Crippen molar-refractivity contribution in [2.24, 2.45) is 5.41 Å². The van der Waals surface area contributed by atoms with Crippen LogP contribution in [0.5, 0.6) is 12.0 Å². The predicted molar refractivity (Wildman–Crippen MR) is 90.4 cm³/mol. The van der Waals surface area contributed by atoms with Crippen LogP contribution in [0.1, 0.15) is 33.6 Å². The van der Waals surface area contributed by atoms with Gasteiger partial charge in [-0.25, -0.2) is 0 Å². The number of rotatable bonds is 4. The SMILES string of the molecule is COc1nc(OC)nc(N2CCC(N(C)C(=O)C(C)(C)C)CC2)n1. The van der Waals surface area contributed by atoms with E-state index in [1.165, 1.54) is 14.2 Å². The number of hydrogen-bond donors (Lipinski definition) is 0. The van der Waals surface area contributed by atoms with Crippen molar-refractivity contribution in [1.82, 2.24) is 19.9 Å². The van der Waals surface area contributed by atoms with E-state index in [1.807, 2.05) is 32.7 Å². The maximum atomic E-state index is 12.4. The van der Waals surface area contributed by atoms with Gasteiger partial charge in [0, 0.05) is 31.6 Å². The second-order valence-corrected chi connectivity index (χ2v) is 6.99. The molecule has 0 N–H and O–H groups in total. The van der Waals surface area contributed by atoms with E-state index >= 15 is 0 Å². The van der Waals surface area contributed by atoms with E-state index in [0.717, 1.165) is 25.9 Å². The van der Waals surface area contributed by atoms with Gasteiger partial charge in [0.15, 0.2) is 0 Å². The van der Waals surface area contributed by atoms with Gasteiger partial charge in [-0.05, 0) is 12.8 Å². The Kier molecular flexibility index (Phi) is 5.46. The maximum Gasteiger partial charge on any atom is 0.324 e. The van der Waals surface area contributed by atoms with Crippen molar-refractivity contribution in [1.29, 1.82) is 0 Å². The number of aromatic nitrogens is 3. The van der Waals surface area contributed by atoms with Gasteiger partial charge < -0.3 is 19.3 Å². The Bertz CT molecular complexity index is 557. The van der Waals surface area contributed by atoms with Gasteiger partial charge in [-0.2, -0.15) is 9.97 Å². The number of hydrogen-bond acceptors (Lipinski definition) is 7. The zero-order valence-electron chi connectivity index (χ0n) is 15.4. The lowest BCUT2D eigenvalue weighted by atomic mass is 9.93. The Labute approximate surface area is 143 Å². The zero-order chi connectivity index (χ0) is 17.9. The van der Waals surface area contributed by atoms with E-state index in [2.05, 4.69) is 19.9 Å². The average molecular weight is 337 g/mol. The molecule has 0 aromatic carbocycles. The minimum atomic E-state index is -0.360. The Morgan fingerprint density at radius 2 is 1.58 bits per heavy atom. The lowest BCUT2D eigenvalue weighted by Gasteiger charge is -2.38. The van der Waals surface area contributed by atoms with Crippen molar-refractivity contribution < 1.29 is 14.3 Å². The molecule has 1 aromatic heterocycles. The number of anilines is 1. The zero-order valence-corrected chi connectivity index (χ0v) is 15.4. The summed E-state index contributed by atoms with van der Waals surface area (Å²) in [5.74, 6) is 0.714. The van der Waals surface area contributed by atoms with Crippen LogP contribution < -0.4 is 14.4 Å². The van der Waals surface area contributed by atoms with Crippen molar-refractivity contribution in [2.75, 3.05) is 39.3 Å². The molecule has 0 saturated carbocycles. The highest BCUT2D eigenvalue weighted by atomic mass is 16.5. The van der Waals surface area contributed by atoms with Crippen LogP contribution in [0.3, 0.4) is 0 Å². The number of carbonyl (C=O) groups excluding carboxylic acids is 1. The van der Waals surface area contributed by atoms with Crippen LogP contribution in [0.25, 0.3) is 0 Å². The topological polar surface area (TPSA) is 80.7 Å². The summed E-state index contributed by atoms with van der Waals surface area (Å²) < 4.78 is 10.2. The van der Waals surface area contributed by atoms with Crippen molar-refractivity contribution >= 4 is 11.9 Å². The average Bonchev–Trinajstić information content (AvgIpc) is 2.59. The van der Waals surface area contributed by atoms with Crippen molar-refractivity contribution in [3.8, 4) is 12.0 Å². The van der Waals surface area contributed by atoms with E-state index in [0.29, 0.717) is 5.95 Å². The molecule has 134 valence electrons. The minimum Gasteiger partial charge on any atom is -0.467 e. The maximum absolute atomic E-state index is 12.4. The fourth-order valence-corrected chi connectivity index (χ4v) is 2.80. The van der Waals surface area contributed by atoms with Crippen LogP contribution in [-0.4, -0.2) is 66.2 Å². The number of amides is 1. The van der Waals surface area contributed by atoms with Gasteiger partial charge in [0.1, 0.15) is 0 Å². The summed E-state index contributed by atoms with van der Waals surface area (Å²) in [6.07, 6.45) is 1.74. The molecular formula is C16H27N5O3. The highest BCUT2D eigenvalue weighted by molar-refractivity contribution is 5.81. The molecule has 1 aromatic rings. The third-order valence-electron chi connectivity index (χ3n) is 4.20. The third kappa shape index (κ3) is 4.04. The third-order valence-corrected chi connectivity index (χ3v) is 4.20. The quantitative estimate of drug-likeness (QED) is 0.820. The number of nitrogens with zero attached hydrogens (tertiary/aromatic N) is 5. The first-order valence-electron chi connectivity index (χ1n) is 8.12. The van der Waals surface area contributed by atoms with Crippen molar-refractivity contribution in [2.45, 2.75) is 39.7 Å². The Morgan fingerprint density at radius 3 is 2.00 bits per heavy atom. The van der Waals surface area contributed by atoms with Gasteiger partial charge in [-0.3, -0.25) is 4.79 Å². The molecule has 8 heteroatoms. The molecule has 0 radical (unpaired) electrons. The smallest absolute Gasteiger partial charge is 0.324 e. The van der Waals surface area contributed by atoms with E-state index in [-0.39, 0.29) is 29.4 Å². The van der Waals surface area contributed by atoms with Gasteiger partial charge in [-0.15, -0.1) is 4.98 Å². The van der Waals surface area contributed by atoms with Gasteiger partial charge in [0.2, 0.25) is 11.9 Å². The molecule has 1 saturated heterocycles. The van der Waals surface area contributed by atoms with Gasteiger partial charge in [0.25, 0.3) is 0 Å². The van der Waals surface area contributed by atoms with E-state index in [9.17, 15) is 4.79 Å². The van der Waals surface area contributed by atoms with E-state index < -0.39 is 0 Å². The van der Waals surface area contributed by atoms with Crippen molar-refractivity contribution in [3.05, 3.63) is 0 Å². The predicted octanol–water partition coefficient (Wildman–Crippen LogP) is 1.36. The largest absolute Gasteiger partial charge is 0.467 e. The van der Waals surface area contributed by atoms with Crippen LogP contribution in [-0.2, 0) is 4.79 Å². The van der Waals surface area contributed by atoms with Gasteiger partial charge in [0.05, 0.1) is 14.2 Å². The second-order valence-electron chi connectivity index (χ2n) is 6.99. The number of piperidine rings is 1. The summed E-state index contributed by atoms with van der Waals surface area (Å²) in [4.78, 5) is 29.0. The lowest BCUT2D eigenvalue weighted by molar-refractivity contribution is -0.140. The van der Waals surface area contributed by atoms with Crippen LogP contribution >= 0.6 is 0 Å². The first-order valence-corrected chi connectivity index (χ1v) is 8.12. The Balaban J connectivity index is 2.04.